The third kappa shape index (κ3) is 7.26. The van der Waals surface area contributed by atoms with Crippen LogP contribution in [0.15, 0.2) is 68.6 Å². The second-order valence-corrected chi connectivity index (χ2v) is 9.28. The number of non-ortho nitro benzene ring substituents is 1. The number of nitrogens with one attached hydrogen (secondary N) is 1. The first-order valence-electron chi connectivity index (χ1n) is 9.34. The Morgan fingerprint density at radius 2 is 1.76 bits per heavy atom. The molecule has 1 amide bonds. The SMILES string of the molecule is O=C(Cc1ccc([N+](=O)[O-])cc1)N/N=C\c1cc(Br)c(OCc2ccc(Cl)cc2Cl)c(Br)c1. The quantitative estimate of drug-likeness (QED) is 0.173. The minimum absolute atomic E-state index is 0.0305. The van der Waals surface area contributed by atoms with Gasteiger partial charge in [-0.3, -0.25) is 14.9 Å². The van der Waals surface area contributed by atoms with Crippen molar-refractivity contribution in [1.29, 1.82) is 0 Å². The number of rotatable bonds is 8. The molecule has 0 aliphatic rings. The molecule has 0 unspecified atom stereocenters. The fourth-order valence-corrected chi connectivity index (χ4v) is 4.63. The summed E-state index contributed by atoms with van der Waals surface area (Å²) in [5, 5.41) is 15.7. The molecule has 0 spiro atoms. The highest BCUT2D eigenvalue weighted by molar-refractivity contribution is 9.11. The van der Waals surface area contributed by atoms with E-state index < -0.39 is 4.92 Å². The Balaban J connectivity index is 1.58. The molecule has 0 fully saturated rings. The lowest BCUT2D eigenvalue weighted by Gasteiger charge is -2.12. The number of nitro groups is 1. The molecule has 0 bridgehead atoms. The van der Waals surface area contributed by atoms with Crippen molar-refractivity contribution in [3.63, 3.8) is 0 Å². The number of nitro benzene ring substituents is 1. The number of carbonyl (C=O) groups excluding carboxylic acids is 1. The van der Waals surface area contributed by atoms with Crippen molar-refractivity contribution >= 4 is 72.9 Å². The standard InChI is InChI=1S/C22H15Br2Cl2N3O4/c23-18-7-14(8-19(24)22(18)33-12-15-3-4-16(25)10-20(15)26)11-27-28-21(30)9-13-1-5-17(6-2-13)29(31)32/h1-8,10-11H,9,12H2,(H,28,30)/b27-11-. The van der Waals surface area contributed by atoms with Gasteiger partial charge in [-0.1, -0.05) is 41.4 Å². The molecule has 3 aromatic carbocycles. The highest BCUT2D eigenvalue weighted by Crippen LogP contribution is 2.35. The normalized spacial score (nSPS) is 10.9. The van der Waals surface area contributed by atoms with Crippen LogP contribution in [0.5, 0.6) is 5.75 Å². The minimum Gasteiger partial charge on any atom is -0.486 e. The van der Waals surface area contributed by atoms with Crippen molar-refractivity contribution < 1.29 is 14.5 Å². The van der Waals surface area contributed by atoms with E-state index in [0.29, 0.717) is 35.9 Å². The van der Waals surface area contributed by atoms with Crippen molar-refractivity contribution in [1.82, 2.24) is 5.43 Å². The molecule has 0 aliphatic heterocycles. The maximum atomic E-state index is 12.1. The Morgan fingerprint density at radius 1 is 1.09 bits per heavy atom. The molecule has 3 aromatic rings. The zero-order chi connectivity index (χ0) is 24.0. The average Bonchev–Trinajstić information content (AvgIpc) is 2.75. The molecule has 0 atom stereocenters. The second kappa shape index (κ2) is 11.6. The number of ether oxygens (including phenoxy) is 1. The van der Waals surface area contributed by atoms with Gasteiger partial charge in [0.15, 0.2) is 0 Å². The van der Waals surface area contributed by atoms with Crippen LogP contribution in [-0.4, -0.2) is 17.0 Å². The van der Waals surface area contributed by atoms with Gasteiger partial charge in [-0.15, -0.1) is 0 Å². The van der Waals surface area contributed by atoms with Crippen molar-refractivity contribution in [2.75, 3.05) is 0 Å². The Hall–Kier alpha value is -2.46. The Labute approximate surface area is 216 Å². The van der Waals surface area contributed by atoms with Gasteiger partial charge in [-0.2, -0.15) is 5.10 Å². The van der Waals surface area contributed by atoms with Crippen LogP contribution in [0.2, 0.25) is 10.0 Å². The third-order valence-electron chi connectivity index (χ3n) is 4.32. The predicted molar refractivity (Wildman–Crippen MR) is 135 cm³/mol. The maximum Gasteiger partial charge on any atom is 0.269 e. The number of benzene rings is 3. The molecule has 0 saturated carbocycles. The van der Waals surface area contributed by atoms with E-state index >= 15 is 0 Å². The first-order chi connectivity index (χ1) is 15.7. The van der Waals surface area contributed by atoms with E-state index in [4.69, 9.17) is 27.9 Å². The van der Waals surface area contributed by atoms with Gasteiger partial charge in [0.2, 0.25) is 5.91 Å². The molecule has 0 aliphatic carbocycles. The number of halogens is 4. The van der Waals surface area contributed by atoms with E-state index in [1.165, 1.54) is 30.5 Å². The fraction of sp³-hybridized carbons (Fsp3) is 0.0909. The molecule has 0 aromatic heterocycles. The van der Waals surface area contributed by atoms with Crippen molar-refractivity contribution in [2.24, 2.45) is 5.10 Å². The van der Waals surface area contributed by atoms with Crippen LogP contribution in [0.25, 0.3) is 0 Å². The minimum atomic E-state index is -0.493. The summed E-state index contributed by atoms with van der Waals surface area (Å²) >= 11 is 19.1. The van der Waals surface area contributed by atoms with Gasteiger partial charge < -0.3 is 4.74 Å². The van der Waals surface area contributed by atoms with Crippen LogP contribution >= 0.6 is 55.1 Å². The number of hydrogen-bond acceptors (Lipinski definition) is 5. The fourth-order valence-electron chi connectivity index (χ4n) is 2.72. The van der Waals surface area contributed by atoms with E-state index in [2.05, 4.69) is 42.4 Å². The summed E-state index contributed by atoms with van der Waals surface area (Å²) in [7, 11) is 0. The number of hydrazone groups is 1. The summed E-state index contributed by atoms with van der Waals surface area (Å²) in [5.74, 6) is 0.235. The van der Waals surface area contributed by atoms with Gasteiger partial charge in [0.1, 0.15) is 12.4 Å². The van der Waals surface area contributed by atoms with Crippen LogP contribution < -0.4 is 10.2 Å². The molecule has 3 rings (SSSR count). The molecule has 0 radical (unpaired) electrons. The lowest BCUT2D eigenvalue weighted by atomic mass is 10.1. The van der Waals surface area contributed by atoms with Gasteiger partial charge in [-0.05, 0) is 67.3 Å². The van der Waals surface area contributed by atoms with Crippen LogP contribution in [0.1, 0.15) is 16.7 Å². The molecule has 11 heteroatoms. The Kier molecular flexibility index (Phi) is 8.85. The first kappa shape index (κ1) is 25.2. The lowest BCUT2D eigenvalue weighted by Crippen LogP contribution is -2.19. The smallest absolute Gasteiger partial charge is 0.269 e. The summed E-state index contributed by atoms with van der Waals surface area (Å²) in [4.78, 5) is 22.3. The van der Waals surface area contributed by atoms with Crippen molar-refractivity contribution in [3.8, 4) is 5.75 Å². The summed E-state index contributed by atoms with van der Waals surface area (Å²) in [6, 6.07) is 14.5. The summed E-state index contributed by atoms with van der Waals surface area (Å²) in [6.07, 6.45) is 1.53. The van der Waals surface area contributed by atoms with Crippen LogP contribution in [0, 0.1) is 10.1 Å². The summed E-state index contributed by atoms with van der Waals surface area (Å²) in [6.45, 7) is 0.249. The van der Waals surface area contributed by atoms with Crippen LogP contribution in [0.3, 0.4) is 0 Å². The third-order valence-corrected chi connectivity index (χ3v) is 6.09. The Bertz CT molecular complexity index is 1200. The largest absolute Gasteiger partial charge is 0.486 e. The molecular weight excluding hydrogens is 601 g/mol. The number of nitrogens with zero attached hydrogens (tertiary/aromatic N) is 2. The summed E-state index contributed by atoms with van der Waals surface area (Å²) in [5.41, 5.74) is 4.55. The zero-order valence-electron chi connectivity index (χ0n) is 16.7. The first-order valence-corrected chi connectivity index (χ1v) is 11.7. The monoisotopic (exact) mass is 613 g/mol. The maximum absolute atomic E-state index is 12.1. The van der Waals surface area contributed by atoms with Crippen LogP contribution in [-0.2, 0) is 17.8 Å². The molecule has 170 valence electrons. The van der Waals surface area contributed by atoms with E-state index in [9.17, 15) is 14.9 Å². The molecule has 0 saturated heterocycles. The topological polar surface area (TPSA) is 93.8 Å². The van der Waals surface area contributed by atoms with E-state index in [0.717, 1.165) is 5.56 Å². The molecule has 0 heterocycles. The predicted octanol–water partition coefficient (Wildman–Crippen LogP) is 6.70. The number of amides is 1. The second-order valence-electron chi connectivity index (χ2n) is 6.73. The van der Waals surface area contributed by atoms with E-state index in [-0.39, 0.29) is 24.6 Å². The highest BCUT2D eigenvalue weighted by atomic mass is 79.9. The molecule has 1 N–H and O–H groups in total. The molecule has 33 heavy (non-hydrogen) atoms. The van der Waals surface area contributed by atoms with Gasteiger partial charge >= 0.3 is 0 Å². The van der Waals surface area contributed by atoms with Gasteiger partial charge in [-0.25, -0.2) is 5.43 Å². The number of hydrogen-bond donors (Lipinski definition) is 1. The van der Waals surface area contributed by atoms with Gasteiger partial charge in [0.25, 0.3) is 5.69 Å². The average molecular weight is 616 g/mol. The van der Waals surface area contributed by atoms with Crippen molar-refractivity contribution in [2.45, 2.75) is 13.0 Å². The number of carbonyl (C=O) groups is 1. The lowest BCUT2D eigenvalue weighted by molar-refractivity contribution is -0.384. The molecule has 7 nitrogen and oxygen atoms in total. The Morgan fingerprint density at radius 3 is 2.36 bits per heavy atom. The van der Waals surface area contributed by atoms with Crippen molar-refractivity contribution in [3.05, 3.63) is 100 Å². The highest BCUT2D eigenvalue weighted by Gasteiger charge is 2.11. The van der Waals surface area contributed by atoms with E-state index in [1.807, 2.05) is 0 Å². The van der Waals surface area contributed by atoms with E-state index in [1.54, 1.807) is 30.3 Å². The zero-order valence-corrected chi connectivity index (χ0v) is 21.4. The van der Waals surface area contributed by atoms with Crippen LogP contribution in [0.4, 0.5) is 5.69 Å². The van der Waals surface area contributed by atoms with Gasteiger partial charge in [0, 0.05) is 27.7 Å². The summed E-state index contributed by atoms with van der Waals surface area (Å²) < 4.78 is 7.25. The van der Waals surface area contributed by atoms with Gasteiger partial charge in [0.05, 0.1) is 26.5 Å². The molecular formula is C22H15Br2Cl2N3O4.